The third-order valence-electron chi connectivity index (χ3n) is 5.83. The Morgan fingerprint density at radius 1 is 1.30 bits per heavy atom. The predicted octanol–water partition coefficient (Wildman–Crippen LogP) is 2.57. The van der Waals surface area contributed by atoms with E-state index in [9.17, 15) is 14.7 Å². The van der Waals surface area contributed by atoms with Gasteiger partial charge in [0.2, 0.25) is 11.8 Å². The van der Waals surface area contributed by atoms with Gasteiger partial charge in [0.05, 0.1) is 19.2 Å². The van der Waals surface area contributed by atoms with Crippen LogP contribution in [-0.2, 0) is 4.79 Å². The number of pyridine rings is 1. The number of amides is 2. The van der Waals surface area contributed by atoms with Crippen molar-refractivity contribution < 1.29 is 19.4 Å². The smallest absolute Gasteiger partial charge is 0.259 e. The molecule has 2 aromatic rings. The Kier molecular flexibility index (Phi) is 8.07. The number of hydrogen-bond acceptors (Lipinski definition) is 5. The monoisotopic (exact) mass is 449 g/mol. The van der Waals surface area contributed by atoms with Gasteiger partial charge in [0.25, 0.3) is 5.91 Å². The number of fused-ring (bicyclic) bond motifs is 1. The second kappa shape index (κ2) is 11.0. The van der Waals surface area contributed by atoms with Crippen molar-refractivity contribution in [1.29, 1.82) is 0 Å². The minimum atomic E-state index is -0.374. The summed E-state index contributed by atoms with van der Waals surface area (Å²) in [7, 11) is 1.75. The lowest BCUT2D eigenvalue weighted by Gasteiger charge is -2.37. The molecule has 0 spiro atoms. The number of likely N-dealkylation sites (N-methyl/N-ethyl adjacent to an activating group) is 1. The van der Waals surface area contributed by atoms with E-state index in [2.05, 4.69) is 16.8 Å². The van der Waals surface area contributed by atoms with Gasteiger partial charge in [0, 0.05) is 43.3 Å². The molecular formula is C26H31N3O4. The summed E-state index contributed by atoms with van der Waals surface area (Å²) < 4.78 is 6.20. The molecule has 0 radical (unpaired) electrons. The molecule has 0 bridgehead atoms. The van der Waals surface area contributed by atoms with Gasteiger partial charge in [0.15, 0.2) is 0 Å². The van der Waals surface area contributed by atoms with E-state index in [1.165, 1.54) is 0 Å². The molecule has 7 nitrogen and oxygen atoms in total. The van der Waals surface area contributed by atoms with Gasteiger partial charge in [-0.3, -0.25) is 9.59 Å². The summed E-state index contributed by atoms with van der Waals surface area (Å²) in [5, 5.41) is 9.77. The highest BCUT2D eigenvalue weighted by molar-refractivity contribution is 5.97. The maximum absolute atomic E-state index is 13.4. The second-order valence-electron chi connectivity index (χ2n) is 8.44. The zero-order valence-corrected chi connectivity index (χ0v) is 19.6. The van der Waals surface area contributed by atoms with Gasteiger partial charge in [-0.15, -0.1) is 0 Å². The number of aliphatic hydroxyl groups excluding tert-OH is 1. The van der Waals surface area contributed by atoms with Crippen molar-refractivity contribution in [1.82, 2.24) is 14.8 Å². The fraction of sp³-hybridized carbons (Fsp3) is 0.423. The Labute approximate surface area is 195 Å². The lowest BCUT2D eigenvalue weighted by Crippen LogP contribution is -2.50. The van der Waals surface area contributed by atoms with E-state index >= 15 is 0 Å². The molecule has 0 fully saturated rings. The van der Waals surface area contributed by atoms with Crippen molar-refractivity contribution in [2.45, 2.75) is 39.3 Å². The van der Waals surface area contributed by atoms with Crippen LogP contribution in [0, 0.1) is 17.8 Å². The molecule has 1 aromatic carbocycles. The molecule has 2 heterocycles. The Hall–Kier alpha value is -3.37. The van der Waals surface area contributed by atoms with Gasteiger partial charge in [-0.1, -0.05) is 43.9 Å². The number of benzene rings is 1. The molecule has 174 valence electrons. The van der Waals surface area contributed by atoms with Gasteiger partial charge in [0.1, 0.15) is 11.7 Å². The van der Waals surface area contributed by atoms with E-state index in [-0.39, 0.29) is 42.4 Å². The molecule has 1 aliphatic rings. The van der Waals surface area contributed by atoms with Crippen LogP contribution in [0.3, 0.4) is 0 Å². The lowest BCUT2D eigenvalue weighted by atomic mass is 9.99. The standard InChI is InChI=1S/C26H31N3O4/c1-5-24(31)28(4)16-23-18(2)15-29(19(3)17-30)26(32)22-13-21(14-27-25(22)33-23)12-11-20-9-7-6-8-10-20/h6-10,13-14,18-19,23,30H,5,15-17H2,1-4H3/t18-,19-,23-/m1/s1. The Balaban J connectivity index is 1.98. The third-order valence-corrected chi connectivity index (χ3v) is 5.83. The first-order valence-electron chi connectivity index (χ1n) is 11.2. The first-order valence-corrected chi connectivity index (χ1v) is 11.2. The number of hydrogen-bond donors (Lipinski definition) is 1. The summed E-state index contributed by atoms with van der Waals surface area (Å²) in [4.78, 5) is 33.3. The average molecular weight is 450 g/mol. The average Bonchev–Trinajstić information content (AvgIpc) is 2.84. The summed E-state index contributed by atoms with van der Waals surface area (Å²) in [5.74, 6) is 6.03. The van der Waals surface area contributed by atoms with Gasteiger partial charge in [-0.2, -0.15) is 0 Å². The van der Waals surface area contributed by atoms with Gasteiger partial charge in [-0.25, -0.2) is 4.98 Å². The molecule has 1 aromatic heterocycles. The molecule has 0 unspecified atom stereocenters. The molecule has 7 heteroatoms. The minimum Gasteiger partial charge on any atom is -0.472 e. The van der Waals surface area contributed by atoms with E-state index in [0.29, 0.717) is 30.6 Å². The minimum absolute atomic E-state index is 0.0178. The van der Waals surface area contributed by atoms with Crippen LogP contribution < -0.4 is 4.74 Å². The first kappa shape index (κ1) is 24.3. The Morgan fingerprint density at radius 2 is 2.00 bits per heavy atom. The number of nitrogens with zero attached hydrogens (tertiary/aromatic N) is 3. The van der Waals surface area contributed by atoms with Gasteiger partial charge < -0.3 is 19.6 Å². The summed E-state index contributed by atoms with van der Waals surface area (Å²) in [5.41, 5.74) is 1.76. The Bertz CT molecular complexity index is 1040. The number of carbonyl (C=O) groups excluding carboxylic acids is 2. The molecule has 1 aliphatic heterocycles. The number of aliphatic hydroxyl groups is 1. The van der Waals surface area contributed by atoms with Crippen LogP contribution in [0.5, 0.6) is 5.88 Å². The van der Waals surface area contributed by atoms with E-state index in [1.54, 1.807) is 36.0 Å². The molecule has 2 amide bonds. The summed E-state index contributed by atoms with van der Waals surface area (Å²) in [6.07, 6.45) is 1.63. The molecular weight excluding hydrogens is 418 g/mol. The van der Waals surface area contributed by atoms with Crippen molar-refractivity contribution in [2.24, 2.45) is 5.92 Å². The largest absolute Gasteiger partial charge is 0.472 e. The quantitative estimate of drug-likeness (QED) is 0.710. The SMILES string of the molecule is CCC(=O)N(C)C[C@H]1Oc2ncc(C#Cc3ccccc3)cc2C(=O)N([C@H](C)CO)C[C@H]1C. The normalized spacial score (nSPS) is 18.7. The van der Waals surface area contributed by atoms with Gasteiger partial charge in [-0.05, 0) is 25.1 Å². The molecule has 3 atom stereocenters. The van der Waals surface area contributed by atoms with E-state index in [4.69, 9.17) is 4.74 Å². The molecule has 3 rings (SSSR count). The second-order valence-corrected chi connectivity index (χ2v) is 8.44. The molecule has 1 N–H and O–H groups in total. The van der Waals surface area contributed by atoms with Crippen LogP contribution in [0.4, 0.5) is 0 Å². The highest BCUT2D eigenvalue weighted by atomic mass is 16.5. The highest BCUT2D eigenvalue weighted by Gasteiger charge is 2.34. The molecule has 0 saturated heterocycles. The molecule has 0 aliphatic carbocycles. The summed E-state index contributed by atoms with van der Waals surface area (Å²) in [6.45, 7) is 6.21. The lowest BCUT2D eigenvalue weighted by molar-refractivity contribution is -0.131. The topological polar surface area (TPSA) is 83.0 Å². The zero-order valence-electron chi connectivity index (χ0n) is 19.6. The van der Waals surface area contributed by atoms with E-state index in [0.717, 1.165) is 5.56 Å². The van der Waals surface area contributed by atoms with E-state index < -0.39 is 0 Å². The van der Waals surface area contributed by atoms with Crippen LogP contribution in [0.25, 0.3) is 0 Å². The molecule has 33 heavy (non-hydrogen) atoms. The first-order chi connectivity index (χ1) is 15.8. The van der Waals surface area contributed by atoms with Gasteiger partial charge >= 0.3 is 0 Å². The van der Waals surface area contributed by atoms with Crippen LogP contribution in [0.15, 0.2) is 42.6 Å². The zero-order chi connectivity index (χ0) is 24.0. The third kappa shape index (κ3) is 5.91. The molecule has 0 saturated carbocycles. The Morgan fingerprint density at radius 3 is 2.67 bits per heavy atom. The van der Waals surface area contributed by atoms with Crippen molar-refractivity contribution in [2.75, 3.05) is 26.7 Å². The highest BCUT2D eigenvalue weighted by Crippen LogP contribution is 2.27. The van der Waals surface area contributed by atoms with Crippen LogP contribution in [0.2, 0.25) is 0 Å². The number of carbonyl (C=O) groups is 2. The number of ether oxygens (including phenoxy) is 1. The van der Waals surface area contributed by atoms with Crippen molar-refractivity contribution in [3.8, 4) is 17.7 Å². The predicted molar refractivity (Wildman–Crippen MR) is 126 cm³/mol. The van der Waals surface area contributed by atoms with E-state index in [1.807, 2.05) is 44.2 Å². The van der Waals surface area contributed by atoms with Crippen molar-refractivity contribution >= 4 is 11.8 Å². The van der Waals surface area contributed by atoms with Crippen LogP contribution in [0.1, 0.15) is 48.7 Å². The summed E-state index contributed by atoms with van der Waals surface area (Å²) in [6, 6.07) is 10.9. The number of rotatable bonds is 5. The van der Waals surface area contributed by atoms with Crippen molar-refractivity contribution in [3.05, 3.63) is 59.3 Å². The number of aromatic nitrogens is 1. The fourth-order valence-corrected chi connectivity index (χ4v) is 3.70. The summed E-state index contributed by atoms with van der Waals surface area (Å²) >= 11 is 0. The maximum atomic E-state index is 13.4. The maximum Gasteiger partial charge on any atom is 0.259 e. The van der Waals surface area contributed by atoms with Crippen molar-refractivity contribution in [3.63, 3.8) is 0 Å². The fourth-order valence-electron chi connectivity index (χ4n) is 3.70. The van der Waals surface area contributed by atoms with Crippen LogP contribution >= 0.6 is 0 Å². The van der Waals surface area contributed by atoms with Crippen LogP contribution in [-0.4, -0.2) is 70.6 Å².